The maximum absolute atomic E-state index is 11.1. The van der Waals surface area contributed by atoms with Gasteiger partial charge in [0.15, 0.2) is 0 Å². The van der Waals surface area contributed by atoms with Crippen LogP contribution in [0.5, 0.6) is 0 Å². The number of aliphatic hydroxyl groups excluding tert-OH is 1. The van der Waals surface area contributed by atoms with E-state index in [0.29, 0.717) is 6.42 Å². The molecule has 3 heteroatoms. The van der Waals surface area contributed by atoms with E-state index in [4.69, 9.17) is 4.74 Å². The van der Waals surface area contributed by atoms with E-state index in [9.17, 15) is 5.11 Å². The zero-order chi connectivity index (χ0) is 20.6. The second-order valence-corrected chi connectivity index (χ2v) is 14.1. The summed E-state index contributed by atoms with van der Waals surface area (Å²) < 4.78 is 5.85. The third-order valence-electron chi connectivity index (χ3n) is 6.52. The van der Waals surface area contributed by atoms with Crippen LogP contribution in [0.1, 0.15) is 47.5 Å². The van der Waals surface area contributed by atoms with Gasteiger partial charge in [0.2, 0.25) is 0 Å². The summed E-state index contributed by atoms with van der Waals surface area (Å²) in [6.07, 6.45) is 1.11. The Morgan fingerprint density at radius 2 is 1.54 bits per heavy atom. The molecular weight excluding hydrogens is 360 g/mol. The molecular formula is C25H34O2Si. The zero-order valence-electron chi connectivity index (χ0n) is 17.9. The van der Waals surface area contributed by atoms with Crippen LogP contribution in [0.25, 0.3) is 0 Å². The van der Waals surface area contributed by atoms with Crippen molar-refractivity contribution in [1.82, 2.24) is 0 Å². The fraction of sp³-hybridized carbons (Fsp3) is 0.440. The van der Waals surface area contributed by atoms with Crippen molar-refractivity contribution in [3.05, 3.63) is 72.4 Å². The number of benzene rings is 2. The van der Waals surface area contributed by atoms with E-state index in [2.05, 4.69) is 94.9 Å². The number of hydrogen-bond acceptors (Lipinski definition) is 2. The fourth-order valence-electron chi connectivity index (χ4n) is 4.99. The van der Waals surface area contributed by atoms with Gasteiger partial charge in [-0.15, -0.1) is 6.58 Å². The molecule has 2 nitrogen and oxygen atoms in total. The molecule has 1 saturated heterocycles. The second kappa shape index (κ2) is 7.62. The molecule has 3 atom stereocenters. The van der Waals surface area contributed by atoms with Crippen LogP contribution >= 0.6 is 0 Å². The van der Waals surface area contributed by atoms with E-state index >= 15 is 0 Å². The molecule has 1 aliphatic heterocycles. The summed E-state index contributed by atoms with van der Waals surface area (Å²) in [5, 5.41) is 14.9. The van der Waals surface area contributed by atoms with Gasteiger partial charge < -0.3 is 9.84 Å². The predicted octanol–water partition coefficient (Wildman–Crippen LogP) is 4.46. The SMILES string of the molecule is C=C(C[C@H](O)[C@@]1(C)O[C@@H]1CC)[Si](c1ccccc1)(c1ccccc1)C(C)(C)C. The maximum Gasteiger partial charge on any atom is 0.149 e. The van der Waals surface area contributed by atoms with Gasteiger partial charge >= 0.3 is 0 Å². The highest BCUT2D eigenvalue weighted by Crippen LogP contribution is 2.46. The third kappa shape index (κ3) is 3.40. The zero-order valence-corrected chi connectivity index (χ0v) is 18.9. The van der Waals surface area contributed by atoms with Gasteiger partial charge in [0, 0.05) is 0 Å². The van der Waals surface area contributed by atoms with Crippen LogP contribution in [-0.2, 0) is 4.74 Å². The monoisotopic (exact) mass is 394 g/mol. The molecule has 0 saturated carbocycles. The molecule has 0 spiro atoms. The summed E-state index contributed by atoms with van der Waals surface area (Å²) in [5.74, 6) is 0. The van der Waals surface area contributed by atoms with E-state index < -0.39 is 19.8 Å². The van der Waals surface area contributed by atoms with Gasteiger partial charge in [-0.2, -0.15) is 0 Å². The van der Waals surface area contributed by atoms with Crippen LogP contribution in [0, 0.1) is 0 Å². The first-order valence-electron chi connectivity index (χ1n) is 10.3. The molecule has 1 N–H and O–H groups in total. The van der Waals surface area contributed by atoms with Crippen LogP contribution < -0.4 is 10.4 Å². The molecule has 2 aromatic carbocycles. The molecule has 150 valence electrons. The topological polar surface area (TPSA) is 32.8 Å². The van der Waals surface area contributed by atoms with Gasteiger partial charge in [-0.05, 0) is 35.2 Å². The van der Waals surface area contributed by atoms with Crippen LogP contribution in [-0.4, -0.2) is 31.0 Å². The average molecular weight is 395 g/mol. The largest absolute Gasteiger partial charge is 0.390 e. The summed E-state index contributed by atoms with van der Waals surface area (Å²) in [4.78, 5) is 0. The molecule has 28 heavy (non-hydrogen) atoms. The van der Waals surface area contributed by atoms with Crippen LogP contribution in [0.15, 0.2) is 72.4 Å². The number of epoxide rings is 1. The van der Waals surface area contributed by atoms with Gasteiger partial charge in [0.1, 0.15) is 13.7 Å². The van der Waals surface area contributed by atoms with Gasteiger partial charge in [-0.1, -0.05) is 93.6 Å². The molecule has 0 bridgehead atoms. The van der Waals surface area contributed by atoms with Gasteiger partial charge in [-0.25, -0.2) is 0 Å². The van der Waals surface area contributed by atoms with Crippen molar-refractivity contribution in [2.24, 2.45) is 0 Å². The standard InChI is InChI=1S/C25H34O2Si/c1-7-23-25(6,27-23)22(26)18-19(2)28(24(3,4)5,20-14-10-8-11-15-20)21-16-12-9-13-17-21/h8-17,22-23,26H,2,7,18H2,1,3-6H3/t22-,23+,25+/m0/s1. The third-order valence-corrected chi connectivity index (χ3v) is 12.4. The average Bonchev–Trinajstić information content (AvgIpc) is 3.35. The Labute approximate surface area is 171 Å². The Hall–Kier alpha value is -1.68. The molecule has 1 heterocycles. The lowest BCUT2D eigenvalue weighted by atomic mass is 9.96. The lowest BCUT2D eigenvalue weighted by Crippen LogP contribution is -2.66. The minimum absolute atomic E-state index is 0.00196. The lowest BCUT2D eigenvalue weighted by molar-refractivity contribution is 0.0863. The van der Waals surface area contributed by atoms with E-state index in [1.54, 1.807) is 0 Å². The Kier molecular flexibility index (Phi) is 5.73. The Balaban J connectivity index is 2.10. The highest BCUT2D eigenvalue weighted by atomic mass is 28.3. The van der Waals surface area contributed by atoms with E-state index in [0.717, 1.165) is 11.6 Å². The number of rotatable bonds is 7. The van der Waals surface area contributed by atoms with Crippen molar-refractivity contribution in [1.29, 1.82) is 0 Å². The van der Waals surface area contributed by atoms with Gasteiger partial charge in [-0.3, -0.25) is 0 Å². The minimum atomic E-state index is -2.41. The summed E-state index contributed by atoms with van der Waals surface area (Å²) in [6, 6.07) is 21.6. The molecule has 1 fully saturated rings. The molecule has 0 aliphatic carbocycles. The molecule has 3 rings (SSSR count). The Morgan fingerprint density at radius 1 is 1.07 bits per heavy atom. The van der Waals surface area contributed by atoms with E-state index in [1.807, 2.05) is 6.92 Å². The molecule has 0 radical (unpaired) electrons. The Morgan fingerprint density at radius 3 is 1.89 bits per heavy atom. The first-order chi connectivity index (χ1) is 13.2. The van der Waals surface area contributed by atoms with Crippen molar-refractivity contribution in [2.45, 2.75) is 70.3 Å². The highest BCUT2D eigenvalue weighted by molar-refractivity contribution is 7.09. The molecule has 0 aromatic heterocycles. The highest BCUT2D eigenvalue weighted by Gasteiger charge is 2.58. The molecule has 1 aliphatic rings. The van der Waals surface area contributed by atoms with Crippen molar-refractivity contribution < 1.29 is 9.84 Å². The molecule has 0 amide bonds. The van der Waals surface area contributed by atoms with Gasteiger partial charge in [0.25, 0.3) is 0 Å². The molecule has 0 unspecified atom stereocenters. The van der Waals surface area contributed by atoms with Crippen molar-refractivity contribution in [2.75, 3.05) is 0 Å². The van der Waals surface area contributed by atoms with Crippen molar-refractivity contribution in [3.63, 3.8) is 0 Å². The summed E-state index contributed by atoms with van der Waals surface area (Å²) in [7, 11) is -2.41. The predicted molar refractivity (Wildman–Crippen MR) is 121 cm³/mol. The molecule has 2 aromatic rings. The van der Waals surface area contributed by atoms with Crippen LogP contribution in [0.3, 0.4) is 0 Å². The number of ether oxygens (including phenoxy) is 1. The first kappa shape index (κ1) is 21.0. The van der Waals surface area contributed by atoms with Crippen molar-refractivity contribution in [3.8, 4) is 0 Å². The quantitative estimate of drug-likeness (QED) is 0.555. The van der Waals surface area contributed by atoms with Crippen molar-refractivity contribution >= 4 is 18.4 Å². The van der Waals surface area contributed by atoms with E-state index in [1.165, 1.54) is 10.4 Å². The Bertz CT molecular complexity index is 770. The second-order valence-electron chi connectivity index (χ2n) is 9.25. The number of hydrogen-bond donors (Lipinski definition) is 1. The summed E-state index contributed by atoms with van der Waals surface area (Å²) in [5.41, 5.74) is -0.441. The minimum Gasteiger partial charge on any atom is -0.390 e. The smallest absolute Gasteiger partial charge is 0.149 e. The van der Waals surface area contributed by atoms with Gasteiger partial charge in [0.05, 0.1) is 12.2 Å². The maximum atomic E-state index is 11.1. The lowest BCUT2D eigenvalue weighted by Gasteiger charge is -2.46. The van der Waals surface area contributed by atoms with E-state index in [-0.39, 0.29) is 11.1 Å². The normalized spacial score (nSPS) is 23.3. The summed E-state index contributed by atoms with van der Waals surface area (Å²) >= 11 is 0. The van der Waals surface area contributed by atoms with Crippen LogP contribution in [0.4, 0.5) is 0 Å². The fourth-order valence-corrected chi connectivity index (χ4v) is 10.8. The summed E-state index contributed by atoms with van der Waals surface area (Å²) in [6.45, 7) is 15.7. The van der Waals surface area contributed by atoms with Crippen LogP contribution in [0.2, 0.25) is 5.04 Å². The number of aliphatic hydroxyl groups is 1. The first-order valence-corrected chi connectivity index (χ1v) is 12.3.